The Morgan fingerprint density at radius 2 is 2.35 bits per heavy atom. The third-order valence-electron chi connectivity index (χ3n) is 2.10. The van der Waals surface area contributed by atoms with Gasteiger partial charge in [-0.1, -0.05) is 0 Å². The first-order valence-corrected chi connectivity index (χ1v) is 5.04. The zero-order valence-corrected chi connectivity index (χ0v) is 8.98. The van der Waals surface area contributed by atoms with Crippen molar-refractivity contribution in [3.8, 4) is 5.75 Å². The number of aromatic carboxylic acids is 1. The third kappa shape index (κ3) is 3.04. The van der Waals surface area contributed by atoms with Crippen LogP contribution < -0.4 is 4.74 Å². The topological polar surface area (TPSA) is 77.2 Å². The van der Waals surface area contributed by atoms with Crippen molar-refractivity contribution in [2.45, 2.75) is 6.54 Å². The standard InChI is InChI=1S/C11H11N3O3/c15-11(16)9-6-13-14(8-9)4-5-17-10-2-1-3-12-7-10/h1-3,6-8H,4-5H2,(H,15,16). The fourth-order valence-electron chi connectivity index (χ4n) is 1.29. The van der Waals surface area contributed by atoms with Gasteiger partial charge in [-0.2, -0.15) is 5.10 Å². The predicted octanol–water partition coefficient (Wildman–Crippen LogP) is 1.06. The molecule has 0 radical (unpaired) electrons. The Balaban J connectivity index is 1.84. The van der Waals surface area contributed by atoms with Crippen molar-refractivity contribution in [1.82, 2.24) is 14.8 Å². The molecule has 0 saturated heterocycles. The molecule has 17 heavy (non-hydrogen) atoms. The van der Waals surface area contributed by atoms with E-state index in [9.17, 15) is 4.79 Å². The molecule has 0 bridgehead atoms. The zero-order chi connectivity index (χ0) is 12.1. The maximum Gasteiger partial charge on any atom is 0.338 e. The van der Waals surface area contributed by atoms with E-state index in [4.69, 9.17) is 9.84 Å². The number of nitrogens with zero attached hydrogens (tertiary/aromatic N) is 3. The van der Waals surface area contributed by atoms with Crippen molar-refractivity contribution in [2.24, 2.45) is 0 Å². The number of rotatable bonds is 5. The summed E-state index contributed by atoms with van der Waals surface area (Å²) in [7, 11) is 0. The van der Waals surface area contributed by atoms with Crippen LogP contribution in [0, 0.1) is 0 Å². The molecule has 0 aliphatic heterocycles. The third-order valence-corrected chi connectivity index (χ3v) is 2.10. The lowest BCUT2D eigenvalue weighted by Crippen LogP contribution is -2.08. The average Bonchev–Trinajstić information content (AvgIpc) is 2.79. The number of hydrogen-bond acceptors (Lipinski definition) is 4. The number of aromatic nitrogens is 3. The lowest BCUT2D eigenvalue weighted by Gasteiger charge is -2.04. The van der Waals surface area contributed by atoms with Gasteiger partial charge >= 0.3 is 5.97 Å². The highest BCUT2D eigenvalue weighted by molar-refractivity contribution is 5.86. The summed E-state index contributed by atoms with van der Waals surface area (Å²) in [5.41, 5.74) is 0.173. The molecule has 0 aromatic carbocycles. The Labute approximate surface area is 97.5 Å². The molecule has 88 valence electrons. The van der Waals surface area contributed by atoms with Gasteiger partial charge in [0.15, 0.2) is 0 Å². The second-order valence-electron chi connectivity index (χ2n) is 3.33. The molecule has 0 unspecified atom stereocenters. The van der Waals surface area contributed by atoms with E-state index in [0.717, 1.165) is 0 Å². The highest BCUT2D eigenvalue weighted by Crippen LogP contribution is 2.06. The van der Waals surface area contributed by atoms with Gasteiger partial charge in [0.1, 0.15) is 12.4 Å². The minimum Gasteiger partial charge on any atom is -0.490 e. The lowest BCUT2D eigenvalue weighted by atomic mass is 10.4. The molecule has 0 aliphatic carbocycles. The molecule has 2 heterocycles. The molecular weight excluding hydrogens is 222 g/mol. The van der Waals surface area contributed by atoms with E-state index in [1.165, 1.54) is 17.1 Å². The number of hydrogen-bond donors (Lipinski definition) is 1. The summed E-state index contributed by atoms with van der Waals surface area (Å²) in [4.78, 5) is 14.5. The van der Waals surface area contributed by atoms with Gasteiger partial charge in [0, 0.05) is 12.4 Å². The summed E-state index contributed by atoms with van der Waals surface area (Å²) in [6.45, 7) is 0.897. The smallest absolute Gasteiger partial charge is 0.338 e. The second-order valence-corrected chi connectivity index (χ2v) is 3.33. The first-order valence-electron chi connectivity index (χ1n) is 5.04. The minimum absolute atomic E-state index is 0.173. The summed E-state index contributed by atoms with van der Waals surface area (Å²) in [6.07, 6.45) is 6.06. The van der Waals surface area contributed by atoms with Gasteiger partial charge in [-0.15, -0.1) is 0 Å². The highest BCUT2D eigenvalue weighted by atomic mass is 16.5. The van der Waals surface area contributed by atoms with Crippen LogP contribution in [0.1, 0.15) is 10.4 Å². The monoisotopic (exact) mass is 233 g/mol. The van der Waals surface area contributed by atoms with E-state index >= 15 is 0 Å². The van der Waals surface area contributed by atoms with Crippen LogP contribution in [0.4, 0.5) is 0 Å². The van der Waals surface area contributed by atoms with Gasteiger partial charge in [0.25, 0.3) is 0 Å². The quantitative estimate of drug-likeness (QED) is 0.835. The highest BCUT2D eigenvalue weighted by Gasteiger charge is 2.05. The van der Waals surface area contributed by atoms with Crippen LogP contribution >= 0.6 is 0 Å². The molecule has 6 heteroatoms. The van der Waals surface area contributed by atoms with Crippen LogP contribution in [-0.4, -0.2) is 32.4 Å². The first kappa shape index (κ1) is 11.1. The molecule has 0 aliphatic rings. The summed E-state index contributed by atoms with van der Waals surface area (Å²) in [5.74, 6) is -0.303. The second kappa shape index (κ2) is 5.11. The molecule has 0 spiro atoms. The number of pyridine rings is 1. The molecule has 2 aromatic rings. The van der Waals surface area contributed by atoms with Gasteiger partial charge < -0.3 is 9.84 Å². The SMILES string of the molecule is O=C(O)c1cnn(CCOc2cccnc2)c1. The number of carboxylic acid groups (broad SMARTS) is 1. The van der Waals surface area contributed by atoms with Gasteiger partial charge in [0.2, 0.25) is 0 Å². The fraction of sp³-hybridized carbons (Fsp3) is 0.182. The van der Waals surface area contributed by atoms with E-state index in [2.05, 4.69) is 10.1 Å². The maximum atomic E-state index is 10.6. The lowest BCUT2D eigenvalue weighted by molar-refractivity contribution is 0.0696. The van der Waals surface area contributed by atoms with Crippen LogP contribution in [-0.2, 0) is 6.54 Å². The average molecular weight is 233 g/mol. The van der Waals surface area contributed by atoms with Crippen LogP contribution in [0.2, 0.25) is 0 Å². The maximum absolute atomic E-state index is 10.6. The molecule has 6 nitrogen and oxygen atoms in total. The Hall–Kier alpha value is -2.37. The normalized spacial score (nSPS) is 10.1. The molecule has 2 rings (SSSR count). The summed E-state index contributed by atoms with van der Waals surface area (Å²) in [6, 6.07) is 3.59. The molecule has 0 fully saturated rings. The van der Waals surface area contributed by atoms with Crippen molar-refractivity contribution >= 4 is 5.97 Å². The van der Waals surface area contributed by atoms with Crippen molar-refractivity contribution in [3.63, 3.8) is 0 Å². The van der Waals surface area contributed by atoms with Crippen molar-refractivity contribution in [2.75, 3.05) is 6.61 Å². The van der Waals surface area contributed by atoms with E-state index in [0.29, 0.717) is 18.9 Å². The zero-order valence-electron chi connectivity index (χ0n) is 8.98. The fourth-order valence-corrected chi connectivity index (χ4v) is 1.29. The van der Waals surface area contributed by atoms with E-state index in [1.54, 1.807) is 24.5 Å². The van der Waals surface area contributed by atoms with Gasteiger partial charge in [-0.25, -0.2) is 4.79 Å². The Kier molecular flexibility index (Phi) is 3.34. The van der Waals surface area contributed by atoms with Crippen molar-refractivity contribution in [1.29, 1.82) is 0 Å². The van der Waals surface area contributed by atoms with Gasteiger partial charge in [0.05, 0.1) is 24.5 Å². The van der Waals surface area contributed by atoms with Crippen LogP contribution in [0.3, 0.4) is 0 Å². The Morgan fingerprint density at radius 1 is 1.47 bits per heavy atom. The summed E-state index contributed by atoms with van der Waals surface area (Å²) < 4.78 is 6.94. The molecule has 1 N–H and O–H groups in total. The molecule has 0 atom stereocenters. The number of ether oxygens (including phenoxy) is 1. The van der Waals surface area contributed by atoms with Crippen molar-refractivity contribution in [3.05, 3.63) is 42.5 Å². The minimum atomic E-state index is -0.982. The van der Waals surface area contributed by atoms with E-state index in [1.807, 2.05) is 0 Å². The Bertz CT molecular complexity index is 496. The number of carbonyl (C=O) groups is 1. The van der Waals surface area contributed by atoms with Gasteiger partial charge in [-0.3, -0.25) is 9.67 Å². The van der Waals surface area contributed by atoms with E-state index < -0.39 is 5.97 Å². The molecule has 0 amide bonds. The largest absolute Gasteiger partial charge is 0.490 e. The molecule has 0 saturated carbocycles. The summed E-state index contributed by atoms with van der Waals surface area (Å²) in [5, 5.41) is 12.6. The first-order chi connectivity index (χ1) is 8.25. The van der Waals surface area contributed by atoms with Crippen LogP contribution in [0.15, 0.2) is 36.9 Å². The molecule has 2 aromatic heterocycles. The summed E-state index contributed by atoms with van der Waals surface area (Å²) >= 11 is 0. The molecular formula is C11H11N3O3. The van der Waals surface area contributed by atoms with Crippen LogP contribution in [0.25, 0.3) is 0 Å². The van der Waals surface area contributed by atoms with Crippen LogP contribution in [0.5, 0.6) is 5.75 Å². The Morgan fingerprint density at radius 3 is 3.00 bits per heavy atom. The van der Waals surface area contributed by atoms with E-state index in [-0.39, 0.29) is 5.56 Å². The van der Waals surface area contributed by atoms with Gasteiger partial charge in [-0.05, 0) is 12.1 Å². The van der Waals surface area contributed by atoms with Crippen molar-refractivity contribution < 1.29 is 14.6 Å². The predicted molar refractivity (Wildman–Crippen MR) is 58.9 cm³/mol. The number of carboxylic acids is 1.